The topological polar surface area (TPSA) is 57.6 Å². The number of carboxylic acids is 1. The van der Waals surface area contributed by atoms with Gasteiger partial charge in [0.1, 0.15) is 0 Å². The highest BCUT2D eigenvalue weighted by Crippen LogP contribution is 2.29. The zero-order valence-corrected chi connectivity index (χ0v) is 12.1. The number of hydrogen-bond donors (Lipinski definition) is 1. The first-order valence-electron chi connectivity index (χ1n) is 5.40. The Bertz CT molecular complexity index is 453. The molecule has 18 heavy (non-hydrogen) atoms. The third-order valence-electron chi connectivity index (χ3n) is 2.44. The Labute approximate surface area is 119 Å². The molecule has 0 saturated heterocycles. The van der Waals surface area contributed by atoms with Gasteiger partial charge in [-0.25, -0.2) is 4.79 Å². The zero-order chi connectivity index (χ0) is 13.7. The van der Waals surface area contributed by atoms with E-state index >= 15 is 0 Å². The molecule has 0 aliphatic heterocycles. The molecular weight excluding hydrogens is 321 g/mol. The molecule has 0 heterocycles. The highest BCUT2D eigenvalue weighted by atomic mass is 79.9. The first kappa shape index (κ1) is 15.0. The van der Waals surface area contributed by atoms with Crippen LogP contribution >= 0.6 is 27.5 Å². The molecule has 0 radical (unpaired) electrons. The van der Waals surface area contributed by atoms with Crippen LogP contribution in [0.1, 0.15) is 24.9 Å². The summed E-state index contributed by atoms with van der Waals surface area (Å²) in [4.78, 5) is 23.6. The fourth-order valence-electron chi connectivity index (χ4n) is 1.68. The van der Waals surface area contributed by atoms with Crippen molar-refractivity contribution in [3.8, 4) is 0 Å². The lowest BCUT2D eigenvalue weighted by molar-refractivity contribution is -0.146. The van der Waals surface area contributed by atoms with Crippen molar-refractivity contribution < 1.29 is 14.7 Å². The molecule has 4 nitrogen and oxygen atoms in total. The van der Waals surface area contributed by atoms with E-state index in [1.807, 2.05) is 6.92 Å². The lowest BCUT2D eigenvalue weighted by Gasteiger charge is -2.25. The van der Waals surface area contributed by atoms with Gasteiger partial charge in [0, 0.05) is 21.6 Å². The first-order chi connectivity index (χ1) is 8.51. The van der Waals surface area contributed by atoms with Crippen LogP contribution < -0.4 is 0 Å². The predicted molar refractivity (Wildman–Crippen MR) is 72.6 cm³/mol. The van der Waals surface area contributed by atoms with Gasteiger partial charge < -0.3 is 10.0 Å². The van der Waals surface area contributed by atoms with Gasteiger partial charge in [-0.05, 0) is 18.6 Å². The molecule has 0 fully saturated rings. The van der Waals surface area contributed by atoms with Gasteiger partial charge in [-0.2, -0.15) is 0 Å². The Morgan fingerprint density at radius 3 is 2.72 bits per heavy atom. The quantitative estimate of drug-likeness (QED) is 0.813. The summed E-state index contributed by atoms with van der Waals surface area (Å²) in [5, 5.41) is 9.60. The number of hydrogen-bond acceptors (Lipinski definition) is 2. The molecule has 0 saturated carbocycles. The van der Waals surface area contributed by atoms with Crippen molar-refractivity contribution in [2.45, 2.75) is 19.4 Å². The number of halogens is 2. The fourth-order valence-corrected chi connectivity index (χ4v) is 2.45. The van der Waals surface area contributed by atoms with E-state index in [9.17, 15) is 14.7 Å². The summed E-state index contributed by atoms with van der Waals surface area (Å²) in [5.74, 6) is -1.10. The summed E-state index contributed by atoms with van der Waals surface area (Å²) in [6, 6.07) is 3.87. The second-order valence-corrected chi connectivity index (χ2v) is 5.07. The molecule has 1 amide bonds. The van der Waals surface area contributed by atoms with Crippen molar-refractivity contribution in [3.05, 3.63) is 33.3 Å². The molecule has 1 rings (SSSR count). The third kappa shape index (κ3) is 3.46. The Morgan fingerprint density at radius 2 is 2.28 bits per heavy atom. The summed E-state index contributed by atoms with van der Waals surface area (Å²) >= 11 is 9.29. The van der Waals surface area contributed by atoms with Crippen LogP contribution in [-0.2, 0) is 9.59 Å². The second-order valence-electron chi connectivity index (χ2n) is 3.75. The predicted octanol–water partition coefficient (Wildman–Crippen LogP) is 3.10. The monoisotopic (exact) mass is 333 g/mol. The van der Waals surface area contributed by atoms with Gasteiger partial charge in [0.2, 0.25) is 6.41 Å². The van der Waals surface area contributed by atoms with E-state index < -0.39 is 12.0 Å². The van der Waals surface area contributed by atoms with Crippen LogP contribution in [-0.4, -0.2) is 28.9 Å². The molecule has 1 atom stereocenters. The van der Waals surface area contributed by atoms with E-state index in [1.165, 1.54) is 4.90 Å². The Balaban J connectivity index is 3.18. The smallest absolute Gasteiger partial charge is 0.331 e. The van der Waals surface area contributed by atoms with Crippen molar-refractivity contribution >= 4 is 39.9 Å². The number of carbonyl (C=O) groups is 2. The number of amides is 1. The highest BCUT2D eigenvalue weighted by Gasteiger charge is 2.27. The van der Waals surface area contributed by atoms with Gasteiger partial charge >= 0.3 is 5.97 Å². The Hall–Kier alpha value is -1.07. The second kappa shape index (κ2) is 6.75. The van der Waals surface area contributed by atoms with E-state index in [0.29, 0.717) is 30.0 Å². The van der Waals surface area contributed by atoms with Crippen molar-refractivity contribution in [2.75, 3.05) is 6.54 Å². The first-order valence-corrected chi connectivity index (χ1v) is 6.57. The minimum atomic E-state index is -1.10. The molecule has 1 aromatic rings. The molecule has 1 aromatic carbocycles. The van der Waals surface area contributed by atoms with Gasteiger partial charge in [-0.1, -0.05) is 40.5 Å². The SMILES string of the molecule is CCCN(C=O)C(C(=O)O)c1ccc(Br)cc1Cl. The van der Waals surface area contributed by atoms with Crippen molar-refractivity contribution in [1.82, 2.24) is 4.90 Å². The van der Waals surface area contributed by atoms with Gasteiger partial charge in [-0.15, -0.1) is 0 Å². The summed E-state index contributed by atoms with van der Waals surface area (Å²) < 4.78 is 0.758. The van der Waals surface area contributed by atoms with Crippen molar-refractivity contribution in [1.29, 1.82) is 0 Å². The standard InChI is InChI=1S/C12H13BrClNO3/c1-2-5-15(7-16)11(12(17)18)9-4-3-8(13)6-10(9)14/h3-4,6-7,11H,2,5H2,1H3,(H,17,18). The molecule has 0 spiro atoms. The Kier molecular flexibility index (Phi) is 5.62. The summed E-state index contributed by atoms with van der Waals surface area (Å²) in [6.45, 7) is 2.24. The van der Waals surface area contributed by atoms with Gasteiger partial charge in [0.15, 0.2) is 6.04 Å². The van der Waals surface area contributed by atoms with Crippen LogP contribution in [0.2, 0.25) is 5.02 Å². The lowest BCUT2D eigenvalue weighted by Crippen LogP contribution is -2.33. The number of benzene rings is 1. The van der Waals surface area contributed by atoms with Crippen LogP contribution in [0.15, 0.2) is 22.7 Å². The molecule has 1 N–H and O–H groups in total. The average Bonchev–Trinajstić information content (AvgIpc) is 2.30. The van der Waals surface area contributed by atoms with Crippen LogP contribution in [0.4, 0.5) is 0 Å². The van der Waals surface area contributed by atoms with Crippen LogP contribution in [0.3, 0.4) is 0 Å². The van der Waals surface area contributed by atoms with E-state index in [4.69, 9.17) is 11.6 Å². The zero-order valence-electron chi connectivity index (χ0n) is 9.77. The molecule has 0 aliphatic rings. The van der Waals surface area contributed by atoms with Gasteiger partial charge in [0.25, 0.3) is 0 Å². The number of carboxylic acid groups (broad SMARTS) is 1. The van der Waals surface area contributed by atoms with Crippen molar-refractivity contribution in [2.24, 2.45) is 0 Å². The highest BCUT2D eigenvalue weighted by molar-refractivity contribution is 9.10. The van der Waals surface area contributed by atoms with E-state index in [-0.39, 0.29) is 0 Å². The van der Waals surface area contributed by atoms with E-state index in [0.717, 1.165) is 4.47 Å². The minimum absolute atomic E-state index is 0.319. The maximum absolute atomic E-state index is 11.3. The number of nitrogens with zero attached hydrogens (tertiary/aromatic N) is 1. The number of carbonyl (C=O) groups excluding carboxylic acids is 1. The van der Waals surface area contributed by atoms with Gasteiger partial charge in [-0.3, -0.25) is 4.79 Å². The lowest BCUT2D eigenvalue weighted by atomic mass is 10.1. The van der Waals surface area contributed by atoms with Crippen molar-refractivity contribution in [3.63, 3.8) is 0 Å². The third-order valence-corrected chi connectivity index (χ3v) is 3.26. The molecular formula is C12H13BrClNO3. The van der Waals surface area contributed by atoms with E-state index in [2.05, 4.69) is 15.9 Å². The maximum atomic E-state index is 11.3. The molecule has 0 aromatic heterocycles. The van der Waals surface area contributed by atoms with Gasteiger partial charge in [0.05, 0.1) is 0 Å². The molecule has 98 valence electrons. The minimum Gasteiger partial charge on any atom is -0.479 e. The van der Waals surface area contributed by atoms with Crippen LogP contribution in [0.5, 0.6) is 0 Å². The number of aliphatic carboxylic acids is 1. The molecule has 6 heteroatoms. The summed E-state index contributed by atoms with van der Waals surface area (Å²) in [5.41, 5.74) is 0.410. The normalized spacial score (nSPS) is 11.9. The Morgan fingerprint density at radius 1 is 1.61 bits per heavy atom. The molecule has 1 unspecified atom stereocenters. The van der Waals surface area contributed by atoms with Crippen LogP contribution in [0, 0.1) is 0 Å². The largest absolute Gasteiger partial charge is 0.479 e. The average molecular weight is 335 g/mol. The maximum Gasteiger partial charge on any atom is 0.331 e. The van der Waals surface area contributed by atoms with E-state index in [1.54, 1.807) is 18.2 Å². The number of rotatable bonds is 6. The molecule has 0 aliphatic carbocycles. The fraction of sp³-hybridized carbons (Fsp3) is 0.333. The van der Waals surface area contributed by atoms with Crippen LogP contribution in [0.25, 0.3) is 0 Å². The summed E-state index contributed by atoms with van der Waals surface area (Å²) in [6.07, 6.45) is 1.22. The molecule has 0 bridgehead atoms. The summed E-state index contributed by atoms with van der Waals surface area (Å²) in [7, 11) is 0.